The number of esters is 2. The van der Waals surface area contributed by atoms with Crippen molar-refractivity contribution >= 4 is 33.5 Å². The average Bonchev–Trinajstić information content (AvgIpc) is 1.25. The van der Waals surface area contributed by atoms with Gasteiger partial charge in [-0.3, -0.25) is 9.69 Å². The molecule has 0 amide bonds. The third-order valence-corrected chi connectivity index (χ3v) is 34.4. The Labute approximate surface area is 508 Å². The predicted octanol–water partition coefficient (Wildman–Crippen LogP) is 15.3. The maximum atomic E-state index is 17.4. The molecule has 8 heterocycles. The molecule has 1 aromatic rings. The summed E-state index contributed by atoms with van der Waals surface area (Å²) < 4.78 is 15.4. The summed E-state index contributed by atoms with van der Waals surface area (Å²) in [5, 5.41) is 14.8. The first kappa shape index (κ1) is 52.1. The molecule has 19 aliphatic rings. The Morgan fingerprint density at radius 2 is 1.61 bits per heavy atom. The molecule has 11 fully saturated rings. The minimum atomic E-state index is -1.16. The van der Waals surface area contributed by atoms with Crippen LogP contribution in [0.3, 0.4) is 0 Å². The van der Waals surface area contributed by atoms with Gasteiger partial charge in [0.25, 0.3) is 0 Å². The topological polar surface area (TPSA) is 105 Å². The minimum absolute atomic E-state index is 0.0830. The van der Waals surface area contributed by atoms with Gasteiger partial charge in [-0.15, -0.1) is 0 Å². The molecule has 4 saturated heterocycles. The van der Waals surface area contributed by atoms with E-state index < -0.39 is 16.4 Å². The molecule has 0 unspecified atom stereocenters. The van der Waals surface area contributed by atoms with E-state index in [2.05, 4.69) is 62.6 Å². The lowest BCUT2D eigenvalue weighted by Crippen LogP contribution is -2.78. The Bertz CT molecular complexity index is 3220. The summed E-state index contributed by atoms with van der Waals surface area (Å²) in [5.41, 5.74) is 15.5. The van der Waals surface area contributed by atoms with E-state index in [0.717, 1.165) is 73.9 Å². The van der Waals surface area contributed by atoms with Crippen LogP contribution in [0, 0.1) is 104 Å². The number of nitrogens with two attached hydrogens (primary N) is 1. The molecular weight excluding hydrogens is 1070 g/mol. The Kier molecular flexibility index (Phi) is 10.9. The summed E-state index contributed by atoms with van der Waals surface area (Å²) in [6.45, 7) is 5.59. The van der Waals surface area contributed by atoms with Crippen molar-refractivity contribution < 1.29 is 24.2 Å². The summed E-state index contributed by atoms with van der Waals surface area (Å²) in [4.78, 5) is 39.6. The molecule has 84 heavy (non-hydrogen) atoms. The SMILES string of the molecule is C[C@H]1CC2=C3[C@H]4C5=C6[C@@H]7C[C@@]41C[C@@H]1CSSC[C@H]4CCCC[C@@H]4[C@H](C=C17)C[C@H]1[C@]64C(=O)O/C(=C(/O)[C@@H]6CC[C@@H]7[C@H]8C[C@@H](CN7[C@@H]6[C@@H]6CC7(CCCC7)[C@@]7(CCCC79CCCC9)C6)[C@H](CC2)N3C8)[C@@]4(CC5)[C@]12OC(=O)c1c(CCCN)cccc12. The van der Waals surface area contributed by atoms with Crippen molar-refractivity contribution in [2.24, 2.45) is 109 Å². The molecule has 8 aliphatic heterocycles. The van der Waals surface area contributed by atoms with Crippen molar-refractivity contribution in [1.29, 1.82) is 0 Å². The van der Waals surface area contributed by atoms with Gasteiger partial charge in [0.2, 0.25) is 0 Å². The molecule has 7 spiro atoms. The van der Waals surface area contributed by atoms with E-state index in [9.17, 15) is 5.11 Å². The number of fused-ring (bicyclic) bond motifs is 13. The largest absolute Gasteiger partial charge is 0.508 e. The zero-order valence-electron chi connectivity index (χ0n) is 50.6. The summed E-state index contributed by atoms with van der Waals surface area (Å²) in [5.74, 6) is 7.17. The minimum Gasteiger partial charge on any atom is -0.508 e. The Morgan fingerprint density at radius 1 is 0.786 bits per heavy atom. The van der Waals surface area contributed by atoms with Crippen LogP contribution in [0.15, 0.2) is 63.8 Å². The summed E-state index contributed by atoms with van der Waals surface area (Å²) in [6.07, 6.45) is 39.5. The molecule has 1 aromatic carbocycles. The first-order valence-corrected chi connectivity index (χ1v) is 38.2. The molecule has 10 heteroatoms. The fourth-order valence-corrected chi connectivity index (χ4v) is 32.5. The van der Waals surface area contributed by atoms with Gasteiger partial charge in [-0.1, -0.05) is 114 Å². The number of piperidine rings is 3. The second-order valence-corrected chi connectivity index (χ2v) is 36.0. The zero-order chi connectivity index (χ0) is 55.6. The molecule has 11 aliphatic carbocycles. The fourth-order valence-electron chi connectivity index (χ4n) is 29.7. The number of aliphatic hydroxyl groups is 1. The molecule has 448 valence electrons. The number of ether oxygens (including phenoxy) is 2. The van der Waals surface area contributed by atoms with Gasteiger partial charge in [-0.2, -0.15) is 0 Å². The number of nitrogens with zero attached hydrogens (tertiary/aromatic N) is 2. The van der Waals surface area contributed by atoms with Crippen LogP contribution < -0.4 is 5.73 Å². The first-order valence-electron chi connectivity index (χ1n) is 35.7. The molecule has 20 atom stereocenters. The number of carbonyl (C=O) groups is 2. The van der Waals surface area contributed by atoms with Gasteiger partial charge < -0.3 is 25.2 Å². The highest BCUT2D eigenvalue weighted by atomic mass is 33.1. The molecule has 0 aromatic heterocycles. The van der Waals surface area contributed by atoms with Crippen LogP contribution in [0.2, 0.25) is 0 Å². The average molecular weight is 1170 g/mol. The van der Waals surface area contributed by atoms with Crippen LogP contribution >= 0.6 is 21.6 Å². The summed E-state index contributed by atoms with van der Waals surface area (Å²) in [6, 6.07) is 7.89. The lowest BCUT2D eigenvalue weighted by atomic mass is 9.26. The van der Waals surface area contributed by atoms with Crippen molar-refractivity contribution in [2.75, 3.05) is 31.1 Å². The molecule has 0 radical (unpaired) electrons. The van der Waals surface area contributed by atoms with E-state index in [0.29, 0.717) is 94.2 Å². The van der Waals surface area contributed by atoms with Crippen molar-refractivity contribution in [3.05, 3.63) is 80.5 Å². The van der Waals surface area contributed by atoms with Gasteiger partial charge in [-0.25, -0.2) is 4.79 Å². The van der Waals surface area contributed by atoms with E-state index in [-0.39, 0.29) is 53.0 Å². The number of rotatable bonds is 4. The molecule has 20 rings (SSSR count). The lowest BCUT2D eigenvalue weighted by molar-refractivity contribution is -0.284. The van der Waals surface area contributed by atoms with Gasteiger partial charge in [0.05, 0.1) is 11.0 Å². The van der Waals surface area contributed by atoms with Gasteiger partial charge in [0, 0.05) is 77.7 Å². The molecule has 7 saturated carbocycles. The van der Waals surface area contributed by atoms with E-state index in [1.54, 1.807) is 22.4 Å². The normalized spacial score (nSPS) is 50.6. The van der Waals surface area contributed by atoms with Crippen LogP contribution in [0.25, 0.3) is 0 Å². The zero-order valence-corrected chi connectivity index (χ0v) is 52.2. The Hall–Kier alpha value is -2.66. The van der Waals surface area contributed by atoms with E-state index in [1.807, 2.05) is 0 Å². The standard InChI is InChI=1S/C74H95N3O5S2/c1-41-29-43-16-18-56-46-30-47-38-77(56)63(43)61-51-20-27-72-65(64(78)52-17-19-57(47)76(37-46)62(52)48-33-69(23-6-7-24-69)71(35-48)26-10-25-68(71)21-4-5-22-68)81-67(80)73(72)58(74(72)55-15-8-12-42(13-9-28-75)59(55)66(79)82-74)32-45-31-53-49(34-70(41,61)36-54(53)60(51)73)40-84-83-39-44-11-2-3-14-50(44)45/h8,12,15,31,41,44-50,52,54,56-58,61-62,78H,2-7,9-11,13-14,16-30,32-40,75H2,1H3/b53-31?,65-64+/t41-,44+,45+,46-,47-,48+,49+,50-,52+,54+,56-,57+,58-,61+,62+,70+,71-,72+,73+,74+/m0/s1. The van der Waals surface area contributed by atoms with Crippen molar-refractivity contribution in [1.82, 2.24) is 9.80 Å². The molecule has 11 bridgehead atoms. The monoisotopic (exact) mass is 1170 g/mol. The maximum absolute atomic E-state index is 17.4. The second kappa shape index (κ2) is 17.6. The highest BCUT2D eigenvalue weighted by molar-refractivity contribution is 8.76. The lowest BCUT2D eigenvalue weighted by Gasteiger charge is -2.75. The predicted molar refractivity (Wildman–Crippen MR) is 330 cm³/mol. The van der Waals surface area contributed by atoms with Gasteiger partial charge in [0.15, 0.2) is 11.4 Å². The van der Waals surface area contributed by atoms with Crippen molar-refractivity contribution in [3.8, 4) is 0 Å². The van der Waals surface area contributed by atoms with Crippen LogP contribution in [0.4, 0.5) is 0 Å². The number of hydrogen-bond acceptors (Lipinski definition) is 10. The van der Waals surface area contributed by atoms with Crippen LogP contribution in [-0.4, -0.2) is 76.1 Å². The van der Waals surface area contributed by atoms with E-state index in [1.165, 1.54) is 159 Å². The number of benzene rings is 1. The van der Waals surface area contributed by atoms with Crippen molar-refractivity contribution in [3.63, 3.8) is 0 Å². The van der Waals surface area contributed by atoms with Gasteiger partial charge >= 0.3 is 11.9 Å². The van der Waals surface area contributed by atoms with Crippen LogP contribution in [0.5, 0.6) is 0 Å². The van der Waals surface area contributed by atoms with Gasteiger partial charge in [-0.05, 0) is 234 Å². The van der Waals surface area contributed by atoms with Crippen LogP contribution in [0.1, 0.15) is 215 Å². The molecule has 8 nitrogen and oxygen atoms in total. The van der Waals surface area contributed by atoms with E-state index >= 15 is 9.59 Å². The summed E-state index contributed by atoms with van der Waals surface area (Å²) >= 11 is 0. The summed E-state index contributed by atoms with van der Waals surface area (Å²) in [7, 11) is 4.39. The third kappa shape index (κ3) is 5.86. The number of carbonyl (C=O) groups excluding carboxylic acids is 2. The van der Waals surface area contributed by atoms with Gasteiger partial charge in [0.1, 0.15) is 11.2 Å². The first-order chi connectivity index (χ1) is 41.1. The Morgan fingerprint density at radius 3 is 2.48 bits per heavy atom. The van der Waals surface area contributed by atoms with Crippen molar-refractivity contribution in [2.45, 2.75) is 223 Å². The second-order valence-electron chi connectivity index (χ2n) is 33.5. The number of aryl methyl sites for hydroxylation is 1. The molecular formula is C74H95N3O5S2. The maximum Gasteiger partial charge on any atom is 0.339 e. The quantitative estimate of drug-likeness (QED) is 0.172. The Balaban J connectivity index is 0.877. The number of hydrogen-bond donors (Lipinski definition) is 2. The van der Waals surface area contributed by atoms with Crippen LogP contribution in [-0.2, 0) is 26.3 Å². The highest BCUT2D eigenvalue weighted by Crippen LogP contribution is 2.90. The molecule has 3 N–H and O–H groups in total. The highest BCUT2D eigenvalue weighted by Gasteiger charge is 2.95. The number of aliphatic hydroxyl groups excluding tert-OH is 1. The fraction of sp³-hybridized carbons (Fsp3) is 0.784. The third-order valence-electron chi connectivity index (χ3n) is 31.8. The smallest absolute Gasteiger partial charge is 0.339 e. The number of allylic oxidation sites excluding steroid dienone is 4. The van der Waals surface area contributed by atoms with E-state index in [4.69, 9.17) is 15.2 Å².